The van der Waals surface area contributed by atoms with Gasteiger partial charge in [-0.2, -0.15) is 4.98 Å². The maximum atomic E-state index is 12.6. The predicted octanol–water partition coefficient (Wildman–Crippen LogP) is 4.67. The first-order valence-electron chi connectivity index (χ1n) is 10.1. The second-order valence-electron chi connectivity index (χ2n) is 7.59. The summed E-state index contributed by atoms with van der Waals surface area (Å²) in [6, 6.07) is 12.6. The number of nitrogens with zero attached hydrogens (tertiary/aromatic N) is 4. The van der Waals surface area contributed by atoms with Gasteiger partial charge in [0.05, 0.1) is 18.5 Å². The molecule has 0 atom stereocenters. The van der Waals surface area contributed by atoms with E-state index in [-0.39, 0.29) is 25.4 Å². The minimum absolute atomic E-state index is 0.156. The smallest absolute Gasteiger partial charge is 0.246 e. The lowest BCUT2D eigenvalue weighted by Gasteiger charge is -2.25. The summed E-state index contributed by atoms with van der Waals surface area (Å²) in [4.78, 5) is 18.4. The minimum Gasteiger partial charge on any atom is -0.337 e. The average Bonchev–Trinajstić information content (AvgIpc) is 3.21. The van der Waals surface area contributed by atoms with Crippen molar-refractivity contribution in [3.05, 3.63) is 63.4 Å². The van der Waals surface area contributed by atoms with Crippen molar-refractivity contribution in [3.63, 3.8) is 0 Å². The van der Waals surface area contributed by atoms with Gasteiger partial charge in [-0.25, -0.2) is 8.42 Å². The van der Waals surface area contributed by atoms with Crippen molar-refractivity contribution < 1.29 is 17.7 Å². The van der Waals surface area contributed by atoms with Gasteiger partial charge in [0.1, 0.15) is 0 Å². The van der Waals surface area contributed by atoms with Crippen molar-refractivity contribution in [3.8, 4) is 11.4 Å². The molecule has 1 aromatic heterocycles. The third kappa shape index (κ3) is 6.55. The molecule has 0 fully saturated rings. The molecule has 0 spiro atoms. The standard InChI is InChI=1S/C22H24BrClN4O4S/c1-15-18(24)9-5-10-19(15)28(33(3,30)31)12-6-11-21(29)27(2)14-20-25-22(26-32-20)16-7-4-8-17(23)13-16/h4-5,7-10,13H,6,11-12,14H2,1-3H3. The van der Waals surface area contributed by atoms with E-state index < -0.39 is 10.0 Å². The fourth-order valence-electron chi connectivity index (χ4n) is 3.25. The number of aromatic nitrogens is 2. The molecule has 2 aromatic carbocycles. The zero-order valence-corrected chi connectivity index (χ0v) is 21.6. The van der Waals surface area contributed by atoms with Crippen molar-refractivity contribution in [1.29, 1.82) is 0 Å². The van der Waals surface area contributed by atoms with E-state index in [0.717, 1.165) is 16.3 Å². The van der Waals surface area contributed by atoms with Gasteiger partial charge >= 0.3 is 0 Å². The normalized spacial score (nSPS) is 11.4. The Morgan fingerprint density at radius 3 is 2.64 bits per heavy atom. The van der Waals surface area contributed by atoms with Crippen LogP contribution in [0.1, 0.15) is 24.3 Å². The van der Waals surface area contributed by atoms with Gasteiger partial charge in [0.15, 0.2) is 0 Å². The number of halogens is 2. The van der Waals surface area contributed by atoms with E-state index in [1.54, 1.807) is 32.2 Å². The Bertz CT molecular complexity index is 1250. The number of carbonyl (C=O) groups excluding carboxylic acids is 1. The molecular formula is C22H24BrClN4O4S. The molecular weight excluding hydrogens is 532 g/mol. The molecule has 3 rings (SSSR count). The number of amides is 1. The van der Waals surface area contributed by atoms with Crippen molar-refractivity contribution in [2.75, 3.05) is 24.2 Å². The predicted molar refractivity (Wildman–Crippen MR) is 132 cm³/mol. The van der Waals surface area contributed by atoms with Gasteiger partial charge in [0.25, 0.3) is 0 Å². The molecule has 0 aliphatic rings. The summed E-state index contributed by atoms with van der Waals surface area (Å²) < 4.78 is 32.1. The summed E-state index contributed by atoms with van der Waals surface area (Å²) in [6.45, 7) is 2.08. The van der Waals surface area contributed by atoms with Gasteiger partial charge in [-0.1, -0.05) is 50.9 Å². The van der Waals surface area contributed by atoms with Crippen LogP contribution in [0, 0.1) is 6.92 Å². The molecule has 1 amide bonds. The summed E-state index contributed by atoms with van der Waals surface area (Å²) in [5.74, 6) is 0.592. The maximum absolute atomic E-state index is 12.6. The topological polar surface area (TPSA) is 96.6 Å². The molecule has 33 heavy (non-hydrogen) atoms. The SMILES string of the molecule is Cc1c(Cl)cccc1N(CCCC(=O)N(C)Cc1nc(-c2cccc(Br)c2)no1)S(C)(=O)=O. The van der Waals surface area contributed by atoms with Gasteiger partial charge < -0.3 is 9.42 Å². The summed E-state index contributed by atoms with van der Waals surface area (Å²) in [5.41, 5.74) is 1.98. The second-order valence-corrected chi connectivity index (χ2v) is 10.8. The molecule has 11 heteroatoms. The van der Waals surface area contributed by atoms with Crippen LogP contribution in [0.2, 0.25) is 5.02 Å². The molecule has 0 radical (unpaired) electrons. The lowest BCUT2D eigenvalue weighted by Crippen LogP contribution is -2.33. The molecule has 0 unspecified atom stereocenters. The molecule has 0 aliphatic heterocycles. The fraction of sp³-hybridized carbons (Fsp3) is 0.318. The van der Waals surface area contributed by atoms with E-state index in [1.807, 2.05) is 24.3 Å². The number of hydrogen-bond acceptors (Lipinski definition) is 6. The Labute approximate surface area is 206 Å². The van der Waals surface area contributed by atoms with E-state index in [0.29, 0.717) is 34.4 Å². The molecule has 176 valence electrons. The maximum Gasteiger partial charge on any atom is 0.246 e. The number of rotatable bonds is 9. The molecule has 0 N–H and O–H groups in total. The molecule has 0 bridgehead atoms. The number of benzene rings is 2. The molecule has 0 saturated heterocycles. The van der Waals surface area contributed by atoms with Gasteiger partial charge in [-0.05, 0) is 43.2 Å². The Morgan fingerprint density at radius 1 is 1.21 bits per heavy atom. The highest BCUT2D eigenvalue weighted by atomic mass is 79.9. The quantitative estimate of drug-likeness (QED) is 0.381. The Morgan fingerprint density at radius 2 is 1.94 bits per heavy atom. The van der Waals surface area contributed by atoms with Gasteiger partial charge in [-0.3, -0.25) is 9.10 Å². The highest BCUT2D eigenvalue weighted by molar-refractivity contribution is 9.10. The van der Waals surface area contributed by atoms with E-state index in [4.69, 9.17) is 16.1 Å². The fourth-order valence-corrected chi connectivity index (χ4v) is 4.84. The van der Waals surface area contributed by atoms with Crippen LogP contribution in [-0.4, -0.2) is 49.2 Å². The first-order chi connectivity index (χ1) is 15.6. The Balaban J connectivity index is 1.59. The highest BCUT2D eigenvalue weighted by Gasteiger charge is 2.21. The van der Waals surface area contributed by atoms with Crippen molar-refractivity contribution in [2.45, 2.75) is 26.3 Å². The van der Waals surface area contributed by atoms with Crippen LogP contribution in [-0.2, 0) is 21.4 Å². The van der Waals surface area contributed by atoms with E-state index in [2.05, 4.69) is 26.1 Å². The van der Waals surface area contributed by atoms with Crippen LogP contribution in [0.15, 0.2) is 51.5 Å². The monoisotopic (exact) mass is 554 g/mol. The molecule has 3 aromatic rings. The first kappa shape index (κ1) is 25.2. The Hall–Kier alpha value is -2.43. The zero-order valence-electron chi connectivity index (χ0n) is 18.5. The van der Waals surface area contributed by atoms with Gasteiger partial charge in [0.2, 0.25) is 27.6 Å². The highest BCUT2D eigenvalue weighted by Crippen LogP contribution is 2.28. The van der Waals surface area contributed by atoms with Crippen molar-refractivity contribution >= 4 is 49.1 Å². The Kier molecular flexibility index (Phi) is 8.14. The van der Waals surface area contributed by atoms with Gasteiger partial charge in [0, 0.05) is 35.1 Å². The van der Waals surface area contributed by atoms with Crippen LogP contribution < -0.4 is 4.31 Å². The minimum atomic E-state index is -3.54. The van der Waals surface area contributed by atoms with Crippen LogP contribution >= 0.6 is 27.5 Å². The molecule has 0 aliphatic carbocycles. The van der Waals surface area contributed by atoms with Crippen LogP contribution in [0.3, 0.4) is 0 Å². The lowest BCUT2D eigenvalue weighted by molar-refractivity contribution is -0.130. The van der Waals surface area contributed by atoms with Crippen LogP contribution in [0.25, 0.3) is 11.4 Å². The lowest BCUT2D eigenvalue weighted by atomic mass is 10.2. The van der Waals surface area contributed by atoms with Crippen molar-refractivity contribution in [1.82, 2.24) is 15.0 Å². The van der Waals surface area contributed by atoms with E-state index >= 15 is 0 Å². The third-order valence-corrected chi connectivity index (χ3v) is 7.09. The zero-order chi connectivity index (χ0) is 24.2. The van der Waals surface area contributed by atoms with Crippen molar-refractivity contribution in [2.24, 2.45) is 0 Å². The number of sulfonamides is 1. The number of carbonyl (C=O) groups is 1. The summed E-state index contributed by atoms with van der Waals surface area (Å²) in [5, 5.41) is 4.46. The largest absolute Gasteiger partial charge is 0.337 e. The summed E-state index contributed by atoms with van der Waals surface area (Å²) in [7, 11) is -1.90. The number of hydrogen-bond donors (Lipinski definition) is 0. The second kappa shape index (κ2) is 10.7. The summed E-state index contributed by atoms with van der Waals surface area (Å²) in [6.07, 6.45) is 1.64. The third-order valence-electron chi connectivity index (χ3n) is 5.01. The van der Waals surface area contributed by atoms with E-state index in [9.17, 15) is 13.2 Å². The molecule has 0 saturated carbocycles. The average molecular weight is 556 g/mol. The molecule has 1 heterocycles. The van der Waals surface area contributed by atoms with Gasteiger partial charge in [-0.15, -0.1) is 0 Å². The molecule has 8 nitrogen and oxygen atoms in total. The summed E-state index contributed by atoms with van der Waals surface area (Å²) >= 11 is 9.56. The van der Waals surface area contributed by atoms with Crippen LogP contribution in [0.4, 0.5) is 5.69 Å². The number of anilines is 1. The van der Waals surface area contributed by atoms with E-state index in [1.165, 1.54) is 9.21 Å². The first-order valence-corrected chi connectivity index (χ1v) is 13.1. The van der Waals surface area contributed by atoms with Crippen LogP contribution in [0.5, 0.6) is 0 Å².